The van der Waals surface area contributed by atoms with Gasteiger partial charge in [0, 0.05) is 25.4 Å². The summed E-state index contributed by atoms with van der Waals surface area (Å²) >= 11 is 5.83. The summed E-state index contributed by atoms with van der Waals surface area (Å²) < 4.78 is 15.8. The van der Waals surface area contributed by atoms with Gasteiger partial charge in [-0.2, -0.15) is 5.17 Å². The number of rotatable bonds is 6. The molecule has 1 aliphatic heterocycles. The molecule has 0 fully saturated rings. The van der Waals surface area contributed by atoms with Crippen LogP contribution < -0.4 is 22.0 Å². The van der Waals surface area contributed by atoms with E-state index in [-0.39, 0.29) is 35.0 Å². The lowest BCUT2D eigenvalue weighted by atomic mass is 10.1. The van der Waals surface area contributed by atoms with E-state index in [1.807, 2.05) is 0 Å². The molecule has 0 spiro atoms. The van der Waals surface area contributed by atoms with Crippen molar-refractivity contribution in [2.45, 2.75) is 6.54 Å². The summed E-state index contributed by atoms with van der Waals surface area (Å²) in [6, 6.07) is 8.56. The highest BCUT2D eigenvalue weighted by Crippen LogP contribution is 2.17. The third kappa shape index (κ3) is 4.59. The predicted molar refractivity (Wildman–Crippen MR) is 126 cm³/mol. The molecule has 2 N–H and O–H groups in total. The maximum atomic E-state index is 13.5. The molecule has 2 aromatic carbocycles. The van der Waals surface area contributed by atoms with Crippen molar-refractivity contribution in [3.63, 3.8) is 0 Å². The van der Waals surface area contributed by atoms with Gasteiger partial charge in [0.15, 0.2) is 0 Å². The highest BCUT2D eigenvalue weighted by atomic mass is 35.5. The van der Waals surface area contributed by atoms with Crippen molar-refractivity contribution in [1.29, 1.82) is 0 Å². The minimum atomic E-state index is -0.592. The molecule has 0 bridgehead atoms. The van der Waals surface area contributed by atoms with Crippen LogP contribution in [0.1, 0.15) is 15.9 Å². The molecule has 176 valence electrons. The van der Waals surface area contributed by atoms with E-state index < -0.39 is 17.1 Å². The van der Waals surface area contributed by atoms with Crippen LogP contribution in [0.4, 0.5) is 4.39 Å². The Labute approximate surface area is 198 Å². The Kier molecular flexibility index (Phi) is 6.53. The van der Waals surface area contributed by atoms with E-state index in [1.54, 1.807) is 30.6 Å². The number of carbonyl (C=O) groups excluding carboxylic acids is 1. The van der Waals surface area contributed by atoms with Crippen LogP contribution in [0.3, 0.4) is 0 Å². The van der Waals surface area contributed by atoms with Crippen LogP contribution in [-0.2, 0) is 18.4 Å². The Balaban J connectivity index is 1.62. The number of hydrogen-bond acceptors (Lipinski definition) is 6. The molecule has 0 saturated carbocycles. The van der Waals surface area contributed by atoms with Gasteiger partial charge in [0.25, 0.3) is 11.5 Å². The number of benzene rings is 2. The molecular weight excluding hydrogens is 465 g/mol. The molecule has 9 nitrogen and oxygen atoms in total. The summed E-state index contributed by atoms with van der Waals surface area (Å²) in [5.74, 6) is -0.971. The SMILES string of the molecule is CON1C=CC(CNC(=O)c2ccc3c(c2)c(=O)n(Cc2ccc(F)c(Cl)c2)c(=O)n3C)=CN1. The third-order valence-corrected chi connectivity index (χ3v) is 5.68. The maximum Gasteiger partial charge on any atom is 0.331 e. The predicted octanol–water partition coefficient (Wildman–Crippen LogP) is 2.05. The molecule has 0 aliphatic carbocycles. The van der Waals surface area contributed by atoms with Crippen molar-refractivity contribution in [2.75, 3.05) is 13.7 Å². The van der Waals surface area contributed by atoms with Crippen molar-refractivity contribution in [2.24, 2.45) is 7.05 Å². The molecule has 1 aromatic heterocycles. The van der Waals surface area contributed by atoms with Crippen molar-refractivity contribution < 1.29 is 14.0 Å². The fraction of sp³-hybridized carbons (Fsp3) is 0.174. The molecule has 0 radical (unpaired) electrons. The molecule has 0 saturated heterocycles. The molecule has 34 heavy (non-hydrogen) atoms. The summed E-state index contributed by atoms with van der Waals surface area (Å²) in [6.07, 6.45) is 5.12. The normalized spacial score (nSPS) is 13.1. The van der Waals surface area contributed by atoms with E-state index in [2.05, 4.69) is 10.7 Å². The second-order valence-corrected chi connectivity index (χ2v) is 7.98. The van der Waals surface area contributed by atoms with Crippen molar-refractivity contribution in [3.8, 4) is 0 Å². The maximum absolute atomic E-state index is 13.5. The van der Waals surface area contributed by atoms with Gasteiger partial charge in [0.2, 0.25) is 0 Å². The molecule has 1 amide bonds. The van der Waals surface area contributed by atoms with E-state index >= 15 is 0 Å². The monoisotopic (exact) mass is 485 g/mol. The first kappa shape index (κ1) is 23.3. The Morgan fingerprint density at radius 3 is 2.68 bits per heavy atom. The van der Waals surface area contributed by atoms with Gasteiger partial charge in [0.1, 0.15) is 5.82 Å². The zero-order valence-electron chi connectivity index (χ0n) is 18.3. The smallest absolute Gasteiger partial charge is 0.331 e. The van der Waals surface area contributed by atoms with Crippen LogP contribution >= 0.6 is 11.6 Å². The first-order valence-corrected chi connectivity index (χ1v) is 10.6. The summed E-state index contributed by atoms with van der Waals surface area (Å²) in [5, 5.41) is 4.29. The fourth-order valence-electron chi connectivity index (χ4n) is 3.53. The lowest BCUT2D eigenvalue weighted by Crippen LogP contribution is -2.39. The van der Waals surface area contributed by atoms with Gasteiger partial charge in [0.05, 0.1) is 35.8 Å². The van der Waals surface area contributed by atoms with E-state index in [0.717, 1.165) is 10.1 Å². The number of nitrogens with zero attached hydrogens (tertiary/aromatic N) is 3. The van der Waals surface area contributed by atoms with E-state index in [9.17, 15) is 18.8 Å². The topological polar surface area (TPSA) is 97.6 Å². The molecule has 0 unspecified atom stereocenters. The van der Waals surface area contributed by atoms with Gasteiger partial charge in [-0.3, -0.25) is 29.0 Å². The lowest BCUT2D eigenvalue weighted by molar-refractivity contribution is -0.119. The number of aryl methyl sites for hydroxylation is 1. The summed E-state index contributed by atoms with van der Waals surface area (Å²) in [7, 11) is 3.05. The van der Waals surface area contributed by atoms with Crippen molar-refractivity contribution in [1.82, 2.24) is 25.0 Å². The molecular formula is C23H21ClFN5O4. The highest BCUT2D eigenvalue weighted by molar-refractivity contribution is 6.30. The number of hydrogen-bond donors (Lipinski definition) is 2. The second-order valence-electron chi connectivity index (χ2n) is 7.57. The minimum Gasteiger partial charge on any atom is -0.348 e. The van der Waals surface area contributed by atoms with E-state index in [1.165, 1.54) is 48.2 Å². The summed E-state index contributed by atoms with van der Waals surface area (Å²) in [5.41, 5.74) is 3.73. The standard InChI is InChI=1S/C23H21ClFN5O4/c1-28-20-6-4-16(21(31)26-11-15-7-8-30(34-2)27-12-15)10-17(20)22(32)29(23(28)33)13-14-3-5-19(25)18(24)9-14/h3-10,12,27H,11,13H2,1-2H3,(H,26,31). The molecule has 1 aliphatic rings. The average Bonchev–Trinajstić information content (AvgIpc) is 2.85. The number of nitrogens with one attached hydrogen (secondary N) is 2. The Morgan fingerprint density at radius 1 is 1.21 bits per heavy atom. The van der Waals surface area contributed by atoms with E-state index in [0.29, 0.717) is 11.1 Å². The Morgan fingerprint density at radius 2 is 2.00 bits per heavy atom. The summed E-state index contributed by atoms with van der Waals surface area (Å²) in [4.78, 5) is 43.7. The Bertz CT molecular complexity index is 1460. The number of hydroxylamine groups is 1. The molecule has 2 heterocycles. The van der Waals surface area contributed by atoms with Crippen LogP contribution in [0.2, 0.25) is 5.02 Å². The highest BCUT2D eigenvalue weighted by Gasteiger charge is 2.15. The van der Waals surface area contributed by atoms with Crippen LogP contribution in [0.15, 0.2) is 70.0 Å². The first-order chi connectivity index (χ1) is 16.3. The quantitative estimate of drug-likeness (QED) is 0.554. The zero-order chi connectivity index (χ0) is 24.4. The molecule has 11 heteroatoms. The largest absolute Gasteiger partial charge is 0.348 e. The van der Waals surface area contributed by atoms with Gasteiger partial charge in [-0.25, -0.2) is 9.18 Å². The number of carbonyl (C=O) groups is 1. The zero-order valence-corrected chi connectivity index (χ0v) is 19.1. The van der Waals surface area contributed by atoms with Gasteiger partial charge in [-0.15, -0.1) is 0 Å². The fourth-order valence-corrected chi connectivity index (χ4v) is 3.73. The van der Waals surface area contributed by atoms with Gasteiger partial charge >= 0.3 is 5.69 Å². The van der Waals surface area contributed by atoms with Crippen LogP contribution in [-0.4, -0.2) is 33.9 Å². The minimum absolute atomic E-state index is 0.0934. The first-order valence-electron chi connectivity index (χ1n) is 10.2. The van der Waals surface area contributed by atoms with Crippen molar-refractivity contribution >= 4 is 28.4 Å². The number of aromatic nitrogens is 2. The van der Waals surface area contributed by atoms with Gasteiger partial charge in [-0.1, -0.05) is 17.7 Å². The van der Waals surface area contributed by atoms with Crippen LogP contribution in [0, 0.1) is 5.82 Å². The van der Waals surface area contributed by atoms with Crippen molar-refractivity contribution in [3.05, 3.63) is 103 Å². The number of fused-ring (bicyclic) bond motifs is 1. The number of amides is 1. The van der Waals surface area contributed by atoms with Crippen LogP contribution in [0.25, 0.3) is 10.9 Å². The number of halogens is 2. The molecule has 0 atom stereocenters. The Hall–Kier alpha value is -3.89. The van der Waals surface area contributed by atoms with Crippen LogP contribution in [0.5, 0.6) is 0 Å². The van der Waals surface area contributed by atoms with Gasteiger partial charge < -0.3 is 5.32 Å². The van der Waals surface area contributed by atoms with Gasteiger partial charge in [-0.05, 0) is 47.5 Å². The average molecular weight is 486 g/mol. The third-order valence-electron chi connectivity index (χ3n) is 5.39. The number of hydrazine groups is 1. The lowest BCUT2D eigenvalue weighted by Gasteiger charge is -2.21. The molecule has 4 rings (SSSR count). The second kappa shape index (κ2) is 9.54. The summed E-state index contributed by atoms with van der Waals surface area (Å²) in [6.45, 7) is 0.157. The van der Waals surface area contributed by atoms with E-state index in [4.69, 9.17) is 16.4 Å². The molecule has 3 aromatic rings.